The van der Waals surface area contributed by atoms with Crippen LogP contribution in [0.25, 0.3) is 0 Å². The van der Waals surface area contributed by atoms with Crippen LogP contribution in [0.2, 0.25) is 0 Å². The van der Waals surface area contributed by atoms with E-state index in [2.05, 4.69) is 4.90 Å². The zero-order valence-corrected chi connectivity index (χ0v) is 24.4. The lowest BCUT2D eigenvalue weighted by molar-refractivity contribution is -0.142. The highest BCUT2D eigenvalue weighted by Gasteiger charge is 2.36. The van der Waals surface area contributed by atoms with Crippen molar-refractivity contribution in [2.45, 2.75) is 39.7 Å². The Hall–Kier alpha value is -3.43. The summed E-state index contributed by atoms with van der Waals surface area (Å²) in [5.74, 6) is 1.17. The van der Waals surface area contributed by atoms with Gasteiger partial charge in [-0.1, -0.05) is 51.1 Å². The number of amides is 2. The van der Waals surface area contributed by atoms with E-state index >= 15 is 0 Å². The van der Waals surface area contributed by atoms with Crippen molar-refractivity contribution in [1.29, 1.82) is 0 Å². The van der Waals surface area contributed by atoms with Crippen molar-refractivity contribution in [3.05, 3.63) is 59.7 Å². The lowest BCUT2D eigenvalue weighted by atomic mass is 9.91. The highest BCUT2D eigenvalue weighted by Crippen LogP contribution is 2.38. The minimum Gasteiger partial charge on any atom is -0.497 e. The van der Waals surface area contributed by atoms with Crippen molar-refractivity contribution in [1.82, 2.24) is 14.8 Å². The number of methoxy groups -OCH3 is 2. The van der Waals surface area contributed by atoms with Crippen LogP contribution in [-0.4, -0.2) is 92.5 Å². The number of hydrazone groups is 1. The van der Waals surface area contributed by atoms with E-state index < -0.39 is 0 Å². The molecule has 4 rings (SSSR count). The van der Waals surface area contributed by atoms with Crippen molar-refractivity contribution in [2.75, 3.05) is 60.2 Å². The molecule has 0 aliphatic carbocycles. The first-order chi connectivity index (χ1) is 19.2. The Kier molecular flexibility index (Phi) is 9.81. The Morgan fingerprint density at radius 2 is 1.80 bits per heavy atom. The summed E-state index contributed by atoms with van der Waals surface area (Å²) in [6.45, 7) is 10.3. The lowest BCUT2D eigenvalue weighted by Crippen LogP contribution is -2.47. The van der Waals surface area contributed by atoms with Gasteiger partial charge in [0.1, 0.15) is 18.0 Å². The number of benzene rings is 2. The largest absolute Gasteiger partial charge is 0.497 e. The molecule has 1 saturated heterocycles. The number of carbonyl (C=O) groups excluding carboxylic acids is 2. The van der Waals surface area contributed by atoms with Gasteiger partial charge in [-0.25, -0.2) is 5.01 Å². The maximum atomic E-state index is 14.0. The second-order valence-electron chi connectivity index (χ2n) is 11.5. The van der Waals surface area contributed by atoms with Crippen molar-refractivity contribution >= 4 is 17.5 Å². The summed E-state index contributed by atoms with van der Waals surface area (Å²) in [6.07, 6.45) is 0.876. The van der Waals surface area contributed by atoms with Gasteiger partial charge in [0.2, 0.25) is 5.91 Å². The average molecular weight is 551 g/mol. The van der Waals surface area contributed by atoms with Gasteiger partial charge in [0.05, 0.1) is 39.2 Å². The summed E-state index contributed by atoms with van der Waals surface area (Å²) in [6, 6.07) is 15.0. The maximum Gasteiger partial charge on any atom is 0.262 e. The first-order valence-electron chi connectivity index (χ1n) is 13.9. The van der Waals surface area contributed by atoms with Crippen LogP contribution in [0.3, 0.4) is 0 Å². The van der Waals surface area contributed by atoms with Crippen LogP contribution < -0.4 is 9.47 Å². The zero-order chi connectivity index (χ0) is 28.7. The predicted molar refractivity (Wildman–Crippen MR) is 155 cm³/mol. The molecule has 0 radical (unpaired) electrons. The first kappa shape index (κ1) is 29.6. The molecule has 0 saturated carbocycles. The van der Waals surface area contributed by atoms with E-state index in [0.717, 1.165) is 35.7 Å². The van der Waals surface area contributed by atoms with Gasteiger partial charge < -0.3 is 19.1 Å². The van der Waals surface area contributed by atoms with E-state index in [4.69, 9.17) is 19.3 Å². The summed E-state index contributed by atoms with van der Waals surface area (Å²) < 4.78 is 16.5. The van der Waals surface area contributed by atoms with E-state index in [1.54, 1.807) is 24.1 Å². The molecule has 2 aliphatic heterocycles. The van der Waals surface area contributed by atoms with Crippen LogP contribution >= 0.6 is 0 Å². The van der Waals surface area contributed by atoms with E-state index in [9.17, 15) is 9.59 Å². The van der Waals surface area contributed by atoms with Crippen molar-refractivity contribution in [3.63, 3.8) is 0 Å². The molecule has 1 atom stereocenters. The summed E-state index contributed by atoms with van der Waals surface area (Å²) in [5.41, 5.74) is 2.36. The van der Waals surface area contributed by atoms with E-state index in [1.165, 1.54) is 0 Å². The SMILES string of the molecule is COc1cccc(C2=NN(C(=O)CN(CCN3CCOCC3)C(=O)CC(C)(C)C)[C@H](c3ccccc3OC)C2)c1. The van der Waals surface area contributed by atoms with Crippen LogP contribution in [0, 0.1) is 5.41 Å². The highest BCUT2D eigenvalue weighted by atomic mass is 16.5. The van der Waals surface area contributed by atoms with Gasteiger partial charge in [-0.2, -0.15) is 5.10 Å². The number of hydrogen-bond acceptors (Lipinski definition) is 7. The van der Waals surface area contributed by atoms with Crippen molar-refractivity contribution in [3.8, 4) is 11.5 Å². The van der Waals surface area contributed by atoms with Gasteiger partial charge in [-0.15, -0.1) is 0 Å². The van der Waals surface area contributed by atoms with Crippen LogP contribution in [0.5, 0.6) is 11.5 Å². The summed E-state index contributed by atoms with van der Waals surface area (Å²) in [5, 5.41) is 6.37. The Morgan fingerprint density at radius 3 is 2.50 bits per heavy atom. The second kappa shape index (κ2) is 13.3. The molecule has 0 spiro atoms. The molecule has 40 heavy (non-hydrogen) atoms. The topological polar surface area (TPSA) is 83.9 Å². The fourth-order valence-electron chi connectivity index (χ4n) is 5.08. The summed E-state index contributed by atoms with van der Waals surface area (Å²) >= 11 is 0. The molecule has 2 heterocycles. The molecule has 2 amide bonds. The third-order valence-corrected chi connectivity index (χ3v) is 7.22. The standard InChI is InChI=1S/C31H42N4O5/c1-31(2,3)21-29(36)34(14-13-33-15-17-40-18-16-33)22-30(37)35-27(25-11-6-7-12-28(25)39-5)20-26(32-35)23-9-8-10-24(19-23)38-4/h6-12,19,27H,13-18,20-22H2,1-5H3/t27-/m0/s1. The smallest absolute Gasteiger partial charge is 0.262 e. The number of para-hydroxylation sites is 1. The average Bonchev–Trinajstić information content (AvgIpc) is 3.40. The molecular weight excluding hydrogens is 508 g/mol. The molecule has 216 valence electrons. The predicted octanol–water partition coefficient (Wildman–Crippen LogP) is 3.98. The highest BCUT2D eigenvalue weighted by molar-refractivity contribution is 6.03. The number of carbonyl (C=O) groups is 2. The molecule has 1 fully saturated rings. The molecule has 9 nitrogen and oxygen atoms in total. The van der Waals surface area contributed by atoms with E-state index in [-0.39, 0.29) is 29.8 Å². The number of hydrogen-bond donors (Lipinski definition) is 0. The molecule has 0 bridgehead atoms. The Labute approximate surface area is 237 Å². The number of ether oxygens (including phenoxy) is 3. The second-order valence-corrected chi connectivity index (χ2v) is 11.5. The fourth-order valence-corrected chi connectivity index (χ4v) is 5.08. The Balaban J connectivity index is 1.61. The monoisotopic (exact) mass is 550 g/mol. The van der Waals surface area contributed by atoms with Crippen LogP contribution in [0.15, 0.2) is 53.6 Å². The molecule has 0 unspecified atom stereocenters. The maximum absolute atomic E-state index is 14.0. The molecule has 0 aromatic heterocycles. The van der Waals surface area contributed by atoms with E-state index in [1.807, 2.05) is 69.3 Å². The number of rotatable bonds is 10. The van der Waals surface area contributed by atoms with Gasteiger partial charge in [-0.3, -0.25) is 14.5 Å². The quantitative estimate of drug-likeness (QED) is 0.445. The van der Waals surface area contributed by atoms with Gasteiger partial charge >= 0.3 is 0 Å². The summed E-state index contributed by atoms with van der Waals surface area (Å²) in [7, 11) is 3.26. The number of morpholine rings is 1. The number of nitrogens with zero attached hydrogens (tertiary/aromatic N) is 4. The summed E-state index contributed by atoms with van der Waals surface area (Å²) in [4.78, 5) is 31.4. The third kappa shape index (κ3) is 7.61. The van der Waals surface area contributed by atoms with Gasteiger partial charge in [0.25, 0.3) is 5.91 Å². The Morgan fingerprint density at radius 1 is 1.05 bits per heavy atom. The van der Waals surface area contributed by atoms with Gasteiger partial charge in [-0.05, 0) is 23.6 Å². The molecule has 2 aromatic carbocycles. The fraction of sp³-hybridized carbons (Fsp3) is 0.516. The lowest BCUT2D eigenvalue weighted by Gasteiger charge is -2.32. The molecule has 0 N–H and O–H groups in total. The van der Waals surface area contributed by atoms with Crippen LogP contribution in [-0.2, 0) is 14.3 Å². The van der Waals surface area contributed by atoms with Crippen LogP contribution in [0.4, 0.5) is 0 Å². The van der Waals surface area contributed by atoms with Gasteiger partial charge in [0.15, 0.2) is 0 Å². The van der Waals surface area contributed by atoms with Gasteiger partial charge in [0, 0.05) is 50.1 Å². The normalized spacial score (nSPS) is 17.9. The molecule has 2 aliphatic rings. The molecule has 9 heteroatoms. The minimum absolute atomic E-state index is 0.0286. The molecule has 2 aromatic rings. The van der Waals surface area contributed by atoms with Crippen molar-refractivity contribution in [2.24, 2.45) is 10.5 Å². The zero-order valence-electron chi connectivity index (χ0n) is 24.4. The molecular formula is C31H42N4O5. The van der Waals surface area contributed by atoms with Crippen molar-refractivity contribution < 1.29 is 23.8 Å². The van der Waals surface area contributed by atoms with Crippen LogP contribution in [0.1, 0.15) is 50.8 Å². The Bertz CT molecular complexity index is 1200. The first-order valence-corrected chi connectivity index (χ1v) is 13.9. The third-order valence-electron chi connectivity index (χ3n) is 7.22. The van der Waals surface area contributed by atoms with E-state index in [0.29, 0.717) is 44.9 Å². The minimum atomic E-state index is -0.358.